The van der Waals surface area contributed by atoms with Crippen LogP contribution < -0.4 is 5.32 Å². The molecular weight excluding hydrogens is 290 g/mol. The highest BCUT2D eigenvalue weighted by molar-refractivity contribution is 5.78. The Labute approximate surface area is 141 Å². The first-order valence-corrected chi connectivity index (χ1v) is 9.44. The molecule has 5 nitrogen and oxygen atoms in total. The van der Waals surface area contributed by atoms with Crippen LogP contribution in [0.5, 0.6) is 0 Å². The van der Waals surface area contributed by atoms with Gasteiger partial charge in [-0.2, -0.15) is 0 Å². The van der Waals surface area contributed by atoms with Gasteiger partial charge < -0.3 is 10.1 Å². The minimum atomic E-state index is 0.166. The number of carbonyl (C=O) groups excluding carboxylic acids is 1. The maximum atomic E-state index is 12.3. The average Bonchev–Trinajstić information content (AvgIpc) is 2.60. The molecule has 23 heavy (non-hydrogen) atoms. The summed E-state index contributed by atoms with van der Waals surface area (Å²) in [5.74, 6) is 0.168. The number of rotatable bonds is 8. The number of nitrogens with one attached hydrogen (secondary N) is 1. The molecule has 2 rings (SSSR count). The molecule has 0 aromatic rings. The molecule has 1 amide bonds. The number of carbonyl (C=O) groups is 1. The Bertz CT molecular complexity index is 350. The van der Waals surface area contributed by atoms with Crippen molar-refractivity contribution in [2.24, 2.45) is 0 Å². The van der Waals surface area contributed by atoms with E-state index >= 15 is 0 Å². The lowest BCUT2D eigenvalue weighted by Gasteiger charge is -2.48. The van der Waals surface area contributed by atoms with Crippen LogP contribution in [-0.4, -0.2) is 74.2 Å². The number of nitrogens with zero attached hydrogens (tertiary/aromatic N) is 2. The van der Waals surface area contributed by atoms with E-state index in [2.05, 4.69) is 22.0 Å². The van der Waals surface area contributed by atoms with Crippen LogP contribution in [0.25, 0.3) is 0 Å². The van der Waals surface area contributed by atoms with Crippen molar-refractivity contribution >= 4 is 5.91 Å². The Morgan fingerprint density at radius 3 is 2.57 bits per heavy atom. The van der Waals surface area contributed by atoms with Gasteiger partial charge in [-0.25, -0.2) is 0 Å². The topological polar surface area (TPSA) is 44.8 Å². The molecule has 0 radical (unpaired) electrons. The van der Waals surface area contributed by atoms with Crippen LogP contribution in [0, 0.1) is 0 Å². The monoisotopic (exact) mass is 325 g/mol. The SMILES string of the molecule is CCCCN(C)CC(=O)NCC1(N2CCOCC2)CCCCC1. The van der Waals surface area contributed by atoms with Crippen molar-refractivity contribution in [2.75, 3.05) is 53.0 Å². The van der Waals surface area contributed by atoms with Gasteiger partial charge in [-0.1, -0.05) is 32.6 Å². The Kier molecular flexibility index (Phi) is 7.80. The highest BCUT2D eigenvalue weighted by atomic mass is 16.5. The third-order valence-corrected chi connectivity index (χ3v) is 5.39. The minimum absolute atomic E-state index is 0.166. The number of hydrogen-bond acceptors (Lipinski definition) is 4. The van der Waals surface area contributed by atoms with Crippen LogP contribution in [0.4, 0.5) is 0 Å². The largest absolute Gasteiger partial charge is 0.379 e. The molecule has 1 aliphatic carbocycles. The van der Waals surface area contributed by atoms with E-state index in [0.29, 0.717) is 6.54 Å². The van der Waals surface area contributed by atoms with Crippen LogP contribution >= 0.6 is 0 Å². The Morgan fingerprint density at radius 2 is 1.91 bits per heavy atom. The second-order valence-corrected chi connectivity index (χ2v) is 7.25. The van der Waals surface area contributed by atoms with E-state index in [1.807, 2.05) is 7.05 Å². The van der Waals surface area contributed by atoms with Crippen molar-refractivity contribution in [3.05, 3.63) is 0 Å². The first kappa shape index (κ1) is 18.7. The van der Waals surface area contributed by atoms with Gasteiger partial charge in [0, 0.05) is 25.2 Å². The summed E-state index contributed by atoms with van der Waals surface area (Å²) in [7, 11) is 2.04. The standard InChI is InChI=1S/C18H35N3O2/c1-3-4-10-20(2)15-17(22)19-16-18(8-6-5-7-9-18)21-11-13-23-14-12-21/h3-16H2,1-2H3,(H,19,22). The molecule has 1 N–H and O–H groups in total. The lowest BCUT2D eigenvalue weighted by Crippen LogP contribution is -2.60. The maximum Gasteiger partial charge on any atom is 0.234 e. The zero-order chi connectivity index (χ0) is 16.5. The van der Waals surface area contributed by atoms with Gasteiger partial charge in [-0.15, -0.1) is 0 Å². The predicted molar refractivity (Wildman–Crippen MR) is 93.6 cm³/mol. The van der Waals surface area contributed by atoms with E-state index in [0.717, 1.165) is 45.8 Å². The van der Waals surface area contributed by atoms with Crippen LogP contribution in [0.1, 0.15) is 51.9 Å². The van der Waals surface area contributed by atoms with Crippen LogP contribution in [0.3, 0.4) is 0 Å². The third kappa shape index (κ3) is 5.73. The highest BCUT2D eigenvalue weighted by Gasteiger charge is 2.38. The second-order valence-electron chi connectivity index (χ2n) is 7.25. The van der Waals surface area contributed by atoms with Crippen molar-refractivity contribution in [3.8, 4) is 0 Å². The van der Waals surface area contributed by atoms with Crippen molar-refractivity contribution < 1.29 is 9.53 Å². The summed E-state index contributed by atoms with van der Waals surface area (Å²) in [5, 5.41) is 3.23. The Balaban J connectivity index is 1.84. The molecule has 0 spiro atoms. The average molecular weight is 325 g/mol. The van der Waals surface area contributed by atoms with Gasteiger partial charge in [0.25, 0.3) is 0 Å². The van der Waals surface area contributed by atoms with E-state index in [4.69, 9.17) is 4.74 Å². The quantitative estimate of drug-likeness (QED) is 0.740. The molecule has 0 aromatic heterocycles. The summed E-state index contributed by atoms with van der Waals surface area (Å²) in [6, 6.07) is 0. The predicted octanol–water partition coefficient (Wildman–Crippen LogP) is 1.87. The summed E-state index contributed by atoms with van der Waals surface area (Å²) in [5.41, 5.74) is 0.166. The number of morpholine rings is 1. The zero-order valence-corrected chi connectivity index (χ0v) is 15.1. The van der Waals surface area contributed by atoms with Gasteiger partial charge >= 0.3 is 0 Å². The zero-order valence-electron chi connectivity index (χ0n) is 15.1. The van der Waals surface area contributed by atoms with Crippen molar-refractivity contribution in [1.29, 1.82) is 0 Å². The summed E-state index contributed by atoms with van der Waals surface area (Å²) in [4.78, 5) is 17.0. The first-order valence-electron chi connectivity index (χ1n) is 9.44. The van der Waals surface area contributed by atoms with E-state index in [1.54, 1.807) is 0 Å². The minimum Gasteiger partial charge on any atom is -0.379 e. The normalized spacial score (nSPS) is 22.2. The smallest absolute Gasteiger partial charge is 0.234 e. The van der Waals surface area contributed by atoms with Gasteiger partial charge in [0.1, 0.15) is 0 Å². The van der Waals surface area contributed by atoms with Crippen molar-refractivity contribution in [2.45, 2.75) is 57.4 Å². The molecule has 1 saturated heterocycles. The highest BCUT2D eigenvalue weighted by Crippen LogP contribution is 2.33. The number of ether oxygens (including phenoxy) is 1. The summed E-state index contributed by atoms with van der Waals surface area (Å²) in [6.07, 6.45) is 8.64. The molecule has 1 heterocycles. The van der Waals surface area contributed by atoms with Gasteiger partial charge in [0.2, 0.25) is 5.91 Å². The molecular formula is C18H35N3O2. The molecule has 134 valence electrons. The van der Waals surface area contributed by atoms with Crippen molar-refractivity contribution in [1.82, 2.24) is 15.1 Å². The van der Waals surface area contributed by atoms with Gasteiger partial charge in [-0.05, 0) is 32.9 Å². The van der Waals surface area contributed by atoms with E-state index in [1.165, 1.54) is 38.5 Å². The third-order valence-electron chi connectivity index (χ3n) is 5.39. The van der Waals surface area contributed by atoms with E-state index in [9.17, 15) is 4.79 Å². The first-order chi connectivity index (χ1) is 11.2. The summed E-state index contributed by atoms with van der Waals surface area (Å²) >= 11 is 0. The van der Waals surface area contributed by atoms with Gasteiger partial charge in [0.15, 0.2) is 0 Å². The molecule has 0 aromatic carbocycles. The molecule has 1 saturated carbocycles. The molecule has 5 heteroatoms. The fourth-order valence-electron chi connectivity index (χ4n) is 3.92. The van der Waals surface area contributed by atoms with Crippen molar-refractivity contribution in [3.63, 3.8) is 0 Å². The molecule has 2 fully saturated rings. The van der Waals surface area contributed by atoms with Crippen LogP contribution in [-0.2, 0) is 9.53 Å². The van der Waals surface area contributed by atoms with E-state index < -0.39 is 0 Å². The van der Waals surface area contributed by atoms with E-state index in [-0.39, 0.29) is 11.4 Å². The molecule has 0 unspecified atom stereocenters. The molecule has 2 aliphatic rings. The maximum absolute atomic E-state index is 12.3. The summed E-state index contributed by atoms with van der Waals surface area (Å²) in [6.45, 7) is 8.16. The lowest BCUT2D eigenvalue weighted by molar-refractivity contribution is -0.123. The number of amides is 1. The number of unbranched alkanes of at least 4 members (excludes halogenated alkanes) is 1. The number of hydrogen-bond donors (Lipinski definition) is 1. The molecule has 0 atom stereocenters. The van der Waals surface area contributed by atoms with Gasteiger partial charge in [-0.3, -0.25) is 14.6 Å². The number of likely N-dealkylation sites (N-methyl/N-ethyl adjacent to an activating group) is 1. The molecule has 0 bridgehead atoms. The van der Waals surface area contributed by atoms with Crippen LogP contribution in [0.2, 0.25) is 0 Å². The molecule has 1 aliphatic heterocycles. The lowest BCUT2D eigenvalue weighted by atomic mass is 9.79. The second kappa shape index (κ2) is 9.60. The van der Waals surface area contributed by atoms with Crippen LogP contribution in [0.15, 0.2) is 0 Å². The Hall–Kier alpha value is -0.650. The Morgan fingerprint density at radius 1 is 1.22 bits per heavy atom. The fraction of sp³-hybridized carbons (Fsp3) is 0.944. The summed E-state index contributed by atoms with van der Waals surface area (Å²) < 4.78 is 5.52. The fourth-order valence-corrected chi connectivity index (χ4v) is 3.92. The van der Waals surface area contributed by atoms with Gasteiger partial charge in [0.05, 0.1) is 19.8 Å².